The lowest BCUT2D eigenvalue weighted by molar-refractivity contribution is 0.420. The van der Waals surface area contributed by atoms with E-state index in [0.717, 1.165) is 6.04 Å². The lowest BCUT2D eigenvalue weighted by Gasteiger charge is -2.20. The Balaban J connectivity index is 2.13. The molecule has 1 aliphatic carbocycles. The molecule has 0 bridgehead atoms. The first-order valence-corrected chi connectivity index (χ1v) is 4.17. The molecule has 0 aromatic heterocycles. The molecule has 1 fully saturated rings. The molecule has 1 rings (SSSR count). The topological polar surface area (TPSA) is 12.0 Å². The van der Waals surface area contributed by atoms with E-state index in [4.69, 9.17) is 0 Å². The van der Waals surface area contributed by atoms with Crippen LogP contribution in [0.1, 0.15) is 32.1 Å². The zero-order chi connectivity index (χ0) is 5.82. The standard InChI is InChI=1S/C6H14NSi/c8-7-6-4-2-1-3-5-6/h6-7H,1-5,8H2. The summed E-state index contributed by atoms with van der Waals surface area (Å²) >= 11 is 0. The zero-order valence-electron chi connectivity index (χ0n) is 5.32. The molecule has 0 spiro atoms. The highest BCUT2D eigenvalue weighted by molar-refractivity contribution is 6.04. The van der Waals surface area contributed by atoms with Crippen LogP contribution in [-0.4, -0.2) is 16.4 Å². The van der Waals surface area contributed by atoms with Crippen LogP contribution in [0, 0.1) is 0 Å². The molecule has 1 nitrogen and oxygen atoms in total. The third-order valence-corrected chi connectivity index (χ3v) is 2.47. The second-order valence-electron chi connectivity index (χ2n) is 2.54. The average Bonchev–Trinajstić information content (AvgIpc) is 1.90. The van der Waals surface area contributed by atoms with Gasteiger partial charge in [-0.2, -0.15) is 0 Å². The molecule has 8 heavy (non-hydrogen) atoms. The summed E-state index contributed by atoms with van der Waals surface area (Å²) in [5.74, 6) is 0. The van der Waals surface area contributed by atoms with Gasteiger partial charge in [0.2, 0.25) is 0 Å². The summed E-state index contributed by atoms with van der Waals surface area (Å²) in [6.07, 6.45) is 7.15. The van der Waals surface area contributed by atoms with Crippen molar-refractivity contribution >= 4 is 10.4 Å². The fourth-order valence-corrected chi connectivity index (χ4v) is 1.71. The number of nitrogens with one attached hydrogen (secondary N) is 1. The third kappa shape index (κ3) is 1.60. The Kier molecular flexibility index (Phi) is 2.56. The van der Waals surface area contributed by atoms with Crippen molar-refractivity contribution in [2.24, 2.45) is 0 Å². The number of hydrogen-bond acceptors (Lipinski definition) is 1. The molecule has 47 valence electrons. The quantitative estimate of drug-likeness (QED) is 0.506. The second-order valence-corrected chi connectivity index (χ2v) is 2.95. The van der Waals surface area contributed by atoms with Gasteiger partial charge < -0.3 is 4.98 Å². The summed E-state index contributed by atoms with van der Waals surface area (Å²) in [4.78, 5) is 3.33. The van der Waals surface area contributed by atoms with Gasteiger partial charge in [0.05, 0.1) is 10.4 Å². The predicted molar refractivity (Wildman–Crippen MR) is 38.6 cm³/mol. The zero-order valence-corrected chi connectivity index (χ0v) is 6.73. The molecule has 1 N–H and O–H groups in total. The minimum absolute atomic E-state index is 0.849. The minimum Gasteiger partial charge on any atom is -0.341 e. The summed E-state index contributed by atoms with van der Waals surface area (Å²) in [7, 11) is 1.89. The highest BCUT2D eigenvalue weighted by Crippen LogP contribution is 2.16. The van der Waals surface area contributed by atoms with Crippen LogP contribution in [0.5, 0.6) is 0 Å². The first-order valence-electron chi connectivity index (χ1n) is 3.46. The molecule has 1 aliphatic rings. The molecule has 1 saturated carbocycles. The monoisotopic (exact) mass is 128 g/mol. The summed E-state index contributed by atoms with van der Waals surface area (Å²) < 4.78 is 0. The van der Waals surface area contributed by atoms with Crippen molar-refractivity contribution in [2.75, 3.05) is 0 Å². The lowest BCUT2D eigenvalue weighted by atomic mass is 9.96. The maximum absolute atomic E-state index is 3.33. The Morgan fingerprint density at radius 3 is 2.12 bits per heavy atom. The second kappa shape index (κ2) is 3.25. The fraction of sp³-hybridized carbons (Fsp3) is 1.00. The van der Waals surface area contributed by atoms with E-state index in [1.807, 2.05) is 10.4 Å². The highest BCUT2D eigenvalue weighted by Gasteiger charge is 2.08. The van der Waals surface area contributed by atoms with Gasteiger partial charge >= 0.3 is 0 Å². The van der Waals surface area contributed by atoms with Crippen LogP contribution in [0.3, 0.4) is 0 Å². The summed E-state index contributed by atoms with van der Waals surface area (Å²) in [5.41, 5.74) is 0. The van der Waals surface area contributed by atoms with Crippen molar-refractivity contribution < 1.29 is 0 Å². The number of rotatable bonds is 1. The van der Waals surface area contributed by atoms with Crippen molar-refractivity contribution in [3.63, 3.8) is 0 Å². The normalized spacial score (nSPS) is 23.6. The van der Waals surface area contributed by atoms with Crippen LogP contribution in [-0.2, 0) is 0 Å². The summed E-state index contributed by atoms with van der Waals surface area (Å²) in [5, 5.41) is 0. The van der Waals surface area contributed by atoms with E-state index >= 15 is 0 Å². The van der Waals surface area contributed by atoms with Gasteiger partial charge in [-0.25, -0.2) is 0 Å². The smallest absolute Gasteiger partial charge is 0.0935 e. The van der Waals surface area contributed by atoms with E-state index in [-0.39, 0.29) is 0 Å². The fourth-order valence-electron chi connectivity index (χ4n) is 1.31. The minimum atomic E-state index is 0.849. The Bertz CT molecular complexity index is 59.5. The lowest BCUT2D eigenvalue weighted by Crippen LogP contribution is -2.28. The molecular formula is C6H14NSi. The molecule has 0 atom stereocenters. The SMILES string of the molecule is [SiH2]NC1CCCCC1. The summed E-state index contributed by atoms with van der Waals surface area (Å²) in [6, 6.07) is 0.849. The average molecular weight is 128 g/mol. The first kappa shape index (κ1) is 6.30. The summed E-state index contributed by atoms with van der Waals surface area (Å²) in [6.45, 7) is 0. The molecule has 0 aromatic rings. The molecule has 1 radical (unpaired) electrons. The van der Waals surface area contributed by atoms with E-state index < -0.39 is 0 Å². The maximum Gasteiger partial charge on any atom is 0.0935 e. The third-order valence-electron chi connectivity index (χ3n) is 1.89. The Labute approximate surface area is 54.4 Å². The van der Waals surface area contributed by atoms with Crippen LogP contribution in [0.25, 0.3) is 0 Å². The van der Waals surface area contributed by atoms with Gasteiger partial charge in [0.1, 0.15) is 0 Å². The first-order chi connectivity index (χ1) is 3.93. The molecular weight excluding hydrogens is 114 g/mol. The van der Waals surface area contributed by atoms with E-state index in [1.165, 1.54) is 32.1 Å². The largest absolute Gasteiger partial charge is 0.341 e. The van der Waals surface area contributed by atoms with Crippen LogP contribution in [0.15, 0.2) is 0 Å². The van der Waals surface area contributed by atoms with E-state index in [2.05, 4.69) is 4.98 Å². The van der Waals surface area contributed by atoms with Crippen molar-refractivity contribution in [1.82, 2.24) is 4.98 Å². The van der Waals surface area contributed by atoms with Crippen molar-refractivity contribution in [3.8, 4) is 0 Å². The molecule has 0 unspecified atom stereocenters. The van der Waals surface area contributed by atoms with Gasteiger partial charge in [0, 0.05) is 0 Å². The van der Waals surface area contributed by atoms with E-state index in [9.17, 15) is 0 Å². The van der Waals surface area contributed by atoms with Crippen LogP contribution >= 0.6 is 0 Å². The molecule has 0 saturated heterocycles. The maximum atomic E-state index is 3.33. The number of hydrogen-bond donors (Lipinski definition) is 1. The molecule has 0 aliphatic heterocycles. The van der Waals surface area contributed by atoms with Gasteiger partial charge in [-0.1, -0.05) is 19.3 Å². The van der Waals surface area contributed by atoms with Crippen molar-refractivity contribution in [1.29, 1.82) is 0 Å². The highest BCUT2D eigenvalue weighted by atomic mass is 28.2. The van der Waals surface area contributed by atoms with Gasteiger partial charge in [0.15, 0.2) is 0 Å². The van der Waals surface area contributed by atoms with Gasteiger partial charge in [0.25, 0.3) is 0 Å². The van der Waals surface area contributed by atoms with Crippen molar-refractivity contribution in [2.45, 2.75) is 38.1 Å². The van der Waals surface area contributed by atoms with Crippen LogP contribution in [0.2, 0.25) is 0 Å². The van der Waals surface area contributed by atoms with E-state index in [0.29, 0.717) is 0 Å². The molecule has 2 heteroatoms. The van der Waals surface area contributed by atoms with Gasteiger partial charge in [-0.05, 0) is 18.9 Å². The van der Waals surface area contributed by atoms with Crippen LogP contribution in [0.4, 0.5) is 0 Å². The molecule has 0 heterocycles. The molecule has 0 aromatic carbocycles. The Hall–Kier alpha value is 0.177. The molecule has 0 amide bonds. The van der Waals surface area contributed by atoms with E-state index in [1.54, 1.807) is 0 Å². The van der Waals surface area contributed by atoms with Gasteiger partial charge in [-0.3, -0.25) is 0 Å². The predicted octanol–water partition coefficient (Wildman–Crippen LogP) is 0.457. The Morgan fingerprint density at radius 2 is 1.75 bits per heavy atom. The van der Waals surface area contributed by atoms with Gasteiger partial charge in [-0.15, -0.1) is 0 Å². The van der Waals surface area contributed by atoms with Crippen LogP contribution < -0.4 is 4.98 Å². The Morgan fingerprint density at radius 1 is 1.12 bits per heavy atom. The van der Waals surface area contributed by atoms with Crippen molar-refractivity contribution in [3.05, 3.63) is 0 Å².